The van der Waals surface area contributed by atoms with Crippen molar-refractivity contribution in [1.82, 2.24) is 10.0 Å². The molecule has 0 fully saturated rings. The lowest BCUT2D eigenvalue weighted by Crippen LogP contribution is -2.28. The Balaban J connectivity index is 2.07. The zero-order chi connectivity index (χ0) is 19.2. The second-order valence-corrected chi connectivity index (χ2v) is 7.95. The fourth-order valence-electron chi connectivity index (χ4n) is 2.11. The monoisotopic (exact) mass is 416 g/mol. The molecule has 1 amide bonds. The SMILES string of the molecule is COCCNS(=O)(=O)c1cccc(C(=O)NCc2ccc(Cl)cc2Cl)c1. The summed E-state index contributed by atoms with van der Waals surface area (Å²) in [6, 6.07) is 10.8. The highest BCUT2D eigenvalue weighted by molar-refractivity contribution is 7.89. The summed E-state index contributed by atoms with van der Waals surface area (Å²) >= 11 is 11.9. The molecule has 0 aromatic heterocycles. The molecule has 0 bridgehead atoms. The molecule has 140 valence electrons. The van der Waals surface area contributed by atoms with Gasteiger partial charge in [-0.25, -0.2) is 13.1 Å². The molecule has 0 atom stereocenters. The van der Waals surface area contributed by atoms with Crippen molar-refractivity contribution in [1.29, 1.82) is 0 Å². The van der Waals surface area contributed by atoms with Crippen molar-refractivity contribution in [3.63, 3.8) is 0 Å². The lowest BCUT2D eigenvalue weighted by molar-refractivity contribution is 0.0950. The van der Waals surface area contributed by atoms with Gasteiger partial charge in [-0.05, 0) is 35.9 Å². The van der Waals surface area contributed by atoms with Gasteiger partial charge in [-0.1, -0.05) is 35.3 Å². The smallest absolute Gasteiger partial charge is 0.251 e. The lowest BCUT2D eigenvalue weighted by Gasteiger charge is -2.10. The van der Waals surface area contributed by atoms with Crippen LogP contribution in [0.2, 0.25) is 10.0 Å². The minimum Gasteiger partial charge on any atom is -0.383 e. The molecule has 2 N–H and O–H groups in total. The quantitative estimate of drug-likeness (QED) is 0.647. The molecule has 9 heteroatoms. The summed E-state index contributed by atoms with van der Waals surface area (Å²) in [4.78, 5) is 12.3. The predicted molar refractivity (Wildman–Crippen MR) is 101 cm³/mol. The molecule has 0 aliphatic carbocycles. The van der Waals surface area contributed by atoms with Gasteiger partial charge in [0.15, 0.2) is 0 Å². The van der Waals surface area contributed by atoms with E-state index in [0.29, 0.717) is 15.6 Å². The average Bonchev–Trinajstić information content (AvgIpc) is 2.61. The van der Waals surface area contributed by atoms with E-state index in [2.05, 4.69) is 10.0 Å². The lowest BCUT2D eigenvalue weighted by atomic mass is 10.2. The molecule has 0 radical (unpaired) electrons. The van der Waals surface area contributed by atoms with Crippen molar-refractivity contribution >= 4 is 39.1 Å². The maximum atomic E-state index is 12.3. The first kappa shape index (κ1) is 20.7. The maximum Gasteiger partial charge on any atom is 0.251 e. The predicted octanol–water partition coefficient (Wildman–Crippen LogP) is 2.85. The van der Waals surface area contributed by atoms with Gasteiger partial charge in [0.05, 0.1) is 11.5 Å². The Morgan fingerprint density at radius 3 is 2.62 bits per heavy atom. The van der Waals surface area contributed by atoms with Gasteiger partial charge in [-0.15, -0.1) is 0 Å². The number of amides is 1. The van der Waals surface area contributed by atoms with Crippen LogP contribution >= 0.6 is 23.2 Å². The van der Waals surface area contributed by atoms with Crippen molar-refractivity contribution < 1.29 is 17.9 Å². The Kier molecular flexibility index (Phi) is 7.43. The van der Waals surface area contributed by atoms with Crippen molar-refractivity contribution in [2.75, 3.05) is 20.3 Å². The summed E-state index contributed by atoms with van der Waals surface area (Å²) in [5, 5.41) is 3.65. The summed E-state index contributed by atoms with van der Waals surface area (Å²) in [5.74, 6) is -0.412. The number of methoxy groups -OCH3 is 1. The van der Waals surface area contributed by atoms with Gasteiger partial charge in [0.2, 0.25) is 10.0 Å². The molecule has 0 heterocycles. The van der Waals surface area contributed by atoms with Crippen LogP contribution < -0.4 is 10.0 Å². The third-order valence-electron chi connectivity index (χ3n) is 3.46. The van der Waals surface area contributed by atoms with Crippen LogP contribution in [-0.4, -0.2) is 34.6 Å². The highest BCUT2D eigenvalue weighted by atomic mass is 35.5. The van der Waals surface area contributed by atoms with Crippen molar-refractivity contribution in [2.24, 2.45) is 0 Å². The number of benzene rings is 2. The summed E-state index contributed by atoms with van der Waals surface area (Å²) < 4.78 is 31.6. The molecule has 2 aromatic rings. The van der Waals surface area contributed by atoms with Crippen LogP contribution in [0.5, 0.6) is 0 Å². The molecule has 0 saturated heterocycles. The fourth-order valence-corrected chi connectivity index (χ4v) is 3.64. The molecule has 0 aliphatic rings. The van der Waals surface area contributed by atoms with Crippen LogP contribution in [0.25, 0.3) is 0 Å². The molecule has 0 saturated carbocycles. The topological polar surface area (TPSA) is 84.5 Å². The maximum absolute atomic E-state index is 12.3. The largest absolute Gasteiger partial charge is 0.383 e. The highest BCUT2D eigenvalue weighted by Crippen LogP contribution is 2.21. The van der Waals surface area contributed by atoms with E-state index < -0.39 is 15.9 Å². The van der Waals surface area contributed by atoms with Gasteiger partial charge in [0, 0.05) is 35.8 Å². The number of ether oxygens (including phenoxy) is 1. The van der Waals surface area contributed by atoms with Crippen molar-refractivity contribution in [3.8, 4) is 0 Å². The Hall–Kier alpha value is -1.64. The van der Waals surface area contributed by atoms with E-state index in [4.69, 9.17) is 27.9 Å². The number of halogens is 2. The fraction of sp³-hybridized carbons (Fsp3) is 0.235. The summed E-state index contributed by atoms with van der Waals surface area (Å²) in [7, 11) is -2.23. The minimum absolute atomic E-state index is 0.00535. The Bertz CT molecular complexity index is 888. The van der Waals surface area contributed by atoms with E-state index in [1.807, 2.05) is 0 Å². The average molecular weight is 417 g/mol. The molecule has 2 aromatic carbocycles. The highest BCUT2D eigenvalue weighted by Gasteiger charge is 2.16. The minimum atomic E-state index is -3.71. The van der Waals surface area contributed by atoms with Gasteiger partial charge in [0.25, 0.3) is 5.91 Å². The van der Waals surface area contributed by atoms with E-state index >= 15 is 0 Å². The first-order valence-electron chi connectivity index (χ1n) is 7.64. The van der Waals surface area contributed by atoms with Crippen molar-refractivity contribution in [2.45, 2.75) is 11.4 Å². The van der Waals surface area contributed by atoms with Crippen LogP contribution in [0.3, 0.4) is 0 Å². The van der Waals surface area contributed by atoms with Crippen LogP contribution in [0.15, 0.2) is 47.4 Å². The molecule has 0 aliphatic heterocycles. The van der Waals surface area contributed by atoms with Gasteiger partial charge >= 0.3 is 0 Å². The summed E-state index contributed by atoms with van der Waals surface area (Å²) in [5.41, 5.74) is 0.930. The number of nitrogens with one attached hydrogen (secondary N) is 2. The van der Waals surface area contributed by atoms with E-state index in [9.17, 15) is 13.2 Å². The Labute approximate surface area is 162 Å². The number of carbonyl (C=O) groups excluding carboxylic acids is 1. The number of hydrogen-bond donors (Lipinski definition) is 2. The van der Waals surface area contributed by atoms with E-state index in [1.165, 1.54) is 31.4 Å². The van der Waals surface area contributed by atoms with Crippen LogP contribution in [0, 0.1) is 0 Å². The van der Waals surface area contributed by atoms with Crippen LogP contribution in [0.1, 0.15) is 15.9 Å². The Morgan fingerprint density at radius 2 is 1.92 bits per heavy atom. The van der Waals surface area contributed by atoms with Crippen molar-refractivity contribution in [3.05, 3.63) is 63.6 Å². The Morgan fingerprint density at radius 1 is 1.15 bits per heavy atom. The zero-order valence-electron chi connectivity index (χ0n) is 14.0. The van der Waals surface area contributed by atoms with Gasteiger partial charge < -0.3 is 10.1 Å². The third kappa shape index (κ3) is 5.69. The molecular formula is C17H18Cl2N2O4S. The van der Waals surface area contributed by atoms with E-state index in [0.717, 1.165) is 0 Å². The molecule has 26 heavy (non-hydrogen) atoms. The third-order valence-corrected chi connectivity index (χ3v) is 5.50. The molecule has 0 unspecified atom stereocenters. The first-order chi connectivity index (χ1) is 12.3. The summed E-state index contributed by atoms with van der Waals surface area (Å²) in [6.45, 7) is 0.587. The molecular weight excluding hydrogens is 399 g/mol. The summed E-state index contributed by atoms with van der Waals surface area (Å²) in [6.07, 6.45) is 0. The first-order valence-corrected chi connectivity index (χ1v) is 9.88. The second-order valence-electron chi connectivity index (χ2n) is 5.34. The van der Waals surface area contributed by atoms with Crippen LogP contribution in [-0.2, 0) is 21.3 Å². The standard InChI is InChI=1S/C17H18Cl2N2O4S/c1-25-8-7-21-26(23,24)15-4-2-3-12(9-15)17(22)20-11-13-5-6-14(18)10-16(13)19/h2-6,9-10,21H,7-8,11H2,1H3,(H,20,22). The number of carbonyl (C=O) groups is 1. The van der Waals surface area contributed by atoms with Gasteiger partial charge in [-0.3, -0.25) is 4.79 Å². The van der Waals surface area contributed by atoms with Gasteiger partial charge in [-0.2, -0.15) is 0 Å². The normalized spacial score (nSPS) is 11.3. The van der Waals surface area contributed by atoms with E-state index in [1.54, 1.807) is 18.2 Å². The number of rotatable bonds is 8. The van der Waals surface area contributed by atoms with Crippen LogP contribution in [0.4, 0.5) is 0 Å². The number of hydrogen-bond acceptors (Lipinski definition) is 4. The molecule has 2 rings (SSSR count). The zero-order valence-corrected chi connectivity index (χ0v) is 16.3. The van der Waals surface area contributed by atoms with E-state index in [-0.39, 0.29) is 30.2 Å². The molecule has 0 spiro atoms. The van der Waals surface area contributed by atoms with Gasteiger partial charge in [0.1, 0.15) is 0 Å². The number of sulfonamides is 1. The molecule has 6 nitrogen and oxygen atoms in total. The second kappa shape index (κ2) is 9.34.